The molecule has 2 rings (SSSR count). The first-order valence-electron chi connectivity index (χ1n) is 13.2. The summed E-state index contributed by atoms with van der Waals surface area (Å²) in [6.45, 7) is 4.95. The number of hydrogen-bond donors (Lipinski definition) is 1. The maximum absolute atomic E-state index is 8.60. The van der Waals surface area contributed by atoms with Gasteiger partial charge in [-0.25, -0.2) is 0 Å². The number of aryl methyl sites for hydroxylation is 2. The van der Waals surface area contributed by atoms with E-state index >= 15 is 0 Å². The minimum Gasteiger partial charge on any atom is -0.497 e. The number of rotatable bonds is 24. The highest BCUT2D eigenvalue weighted by Crippen LogP contribution is 2.39. The average Bonchev–Trinajstić information content (AvgIpc) is 2.97. The van der Waals surface area contributed by atoms with Gasteiger partial charge >= 0.3 is 0 Å². The Balaban J connectivity index is 1.57. The van der Waals surface area contributed by atoms with Crippen molar-refractivity contribution in [3.05, 3.63) is 47.5 Å². The monoisotopic (exact) mass is 552 g/mol. The standard InChI is InChI=1S/C29H44O10/c1-31-26-8-6-24(7-9-26)4-5-25-22-27(32-2)29(28(23-25)33-3)39-21-20-38-19-18-37-17-16-36-15-14-35-13-12-34-11-10-30/h6-9,22-23,30H,4-5,10-21H2,1-3H3. The lowest BCUT2D eigenvalue weighted by molar-refractivity contribution is -0.0147. The molecule has 0 atom stereocenters. The van der Waals surface area contributed by atoms with Crippen LogP contribution in [0, 0.1) is 0 Å². The van der Waals surface area contributed by atoms with Gasteiger partial charge in [-0.15, -0.1) is 0 Å². The highest BCUT2D eigenvalue weighted by molar-refractivity contribution is 5.54. The third-order valence-corrected chi connectivity index (χ3v) is 5.58. The molecule has 10 heteroatoms. The van der Waals surface area contributed by atoms with Crippen molar-refractivity contribution in [1.29, 1.82) is 0 Å². The second kappa shape index (κ2) is 21.2. The Kier molecular flexibility index (Phi) is 17.8. The molecule has 0 bridgehead atoms. The van der Waals surface area contributed by atoms with Crippen molar-refractivity contribution in [1.82, 2.24) is 0 Å². The van der Waals surface area contributed by atoms with Crippen LogP contribution in [0.2, 0.25) is 0 Å². The Bertz CT molecular complexity index is 850. The van der Waals surface area contributed by atoms with E-state index in [4.69, 9.17) is 47.7 Å². The fourth-order valence-electron chi connectivity index (χ4n) is 3.55. The Hall–Kier alpha value is -2.60. The minimum atomic E-state index is 0.0223. The molecule has 0 saturated carbocycles. The third kappa shape index (κ3) is 13.8. The second-order valence-electron chi connectivity index (χ2n) is 8.31. The van der Waals surface area contributed by atoms with Crippen molar-refractivity contribution in [3.8, 4) is 23.0 Å². The van der Waals surface area contributed by atoms with Gasteiger partial charge in [-0.05, 0) is 48.2 Å². The second-order valence-corrected chi connectivity index (χ2v) is 8.31. The quantitative estimate of drug-likeness (QED) is 0.196. The van der Waals surface area contributed by atoms with Crippen molar-refractivity contribution in [2.24, 2.45) is 0 Å². The van der Waals surface area contributed by atoms with E-state index in [9.17, 15) is 0 Å². The SMILES string of the molecule is COc1ccc(CCc2cc(OC)c(OCCOCCOCCOCCOCCOCCO)c(OC)c2)cc1. The normalized spacial score (nSPS) is 11.0. The summed E-state index contributed by atoms with van der Waals surface area (Å²) < 4.78 is 49.3. The molecule has 2 aromatic carbocycles. The fourth-order valence-corrected chi connectivity index (χ4v) is 3.55. The molecule has 0 fully saturated rings. The van der Waals surface area contributed by atoms with Crippen LogP contribution in [0.5, 0.6) is 23.0 Å². The van der Waals surface area contributed by atoms with Crippen LogP contribution in [-0.2, 0) is 36.5 Å². The molecule has 0 amide bonds. The molecule has 220 valence electrons. The minimum absolute atomic E-state index is 0.0223. The molecule has 1 N–H and O–H groups in total. The summed E-state index contributed by atoms with van der Waals surface area (Å²) in [5, 5.41) is 8.60. The molecule has 10 nitrogen and oxygen atoms in total. The van der Waals surface area contributed by atoms with Gasteiger partial charge in [0.25, 0.3) is 0 Å². The number of ether oxygens (including phenoxy) is 9. The van der Waals surface area contributed by atoms with Crippen LogP contribution in [0.3, 0.4) is 0 Å². The van der Waals surface area contributed by atoms with Gasteiger partial charge < -0.3 is 47.7 Å². The first-order valence-corrected chi connectivity index (χ1v) is 13.2. The Morgan fingerprint density at radius 2 is 0.949 bits per heavy atom. The molecular weight excluding hydrogens is 508 g/mol. The number of aliphatic hydroxyl groups excluding tert-OH is 1. The smallest absolute Gasteiger partial charge is 0.203 e. The van der Waals surface area contributed by atoms with Crippen molar-refractivity contribution in [2.45, 2.75) is 12.8 Å². The molecule has 0 aromatic heterocycles. The highest BCUT2D eigenvalue weighted by atomic mass is 16.6. The maximum Gasteiger partial charge on any atom is 0.203 e. The largest absolute Gasteiger partial charge is 0.497 e. The molecule has 0 aliphatic rings. The summed E-state index contributed by atoms with van der Waals surface area (Å²) in [7, 11) is 4.91. The van der Waals surface area contributed by atoms with E-state index in [-0.39, 0.29) is 6.61 Å². The maximum atomic E-state index is 8.60. The fraction of sp³-hybridized carbons (Fsp3) is 0.586. The molecule has 0 heterocycles. The van der Waals surface area contributed by atoms with E-state index in [2.05, 4.69) is 12.1 Å². The van der Waals surface area contributed by atoms with Gasteiger partial charge in [0.1, 0.15) is 12.4 Å². The zero-order valence-corrected chi connectivity index (χ0v) is 23.5. The number of methoxy groups -OCH3 is 3. The Morgan fingerprint density at radius 1 is 0.513 bits per heavy atom. The summed E-state index contributed by atoms with van der Waals surface area (Å²) >= 11 is 0. The molecule has 0 unspecified atom stereocenters. The zero-order valence-electron chi connectivity index (χ0n) is 23.5. The van der Waals surface area contributed by atoms with Crippen LogP contribution in [-0.4, -0.2) is 106 Å². The molecule has 39 heavy (non-hydrogen) atoms. The van der Waals surface area contributed by atoms with Gasteiger partial charge in [0, 0.05) is 0 Å². The summed E-state index contributed by atoms with van der Waals surface area (Å²) in [6.07, 6.45) is 1.72. The first kappa shape index (κ1) is 32.6. The molecule has 2 aromatic rings. The summed E-state index contributed by atoms with van der Waals surface area (Å²) in [4.78, 5) is 0. The van der Waals surface area contributed by atoms with E-state index in [1.807, 2.05) is 24.3 Å². The number of benzene rings is 2. The van der Waals surface area contributed by atoms with E-state index in [0.717, 1.165) is 24.2 Å². The average molecular weight is 553 g/mol. The predicted octanol–water partition coefficient (Wildman–Crippen LogP) is 2.95. The van der Waals surface area contributed by atoms with Gasteiger partial charge in [0.15, 0.2) is 11.5 Å². The molecule has 0 radical (unpaired) electrons. The van der Waals surface area contributed by atoms with Gasteiger partial charge in [-0.2, -0.15) is 0 Å². The van der Waals surface area contributed by atoms with Crippen LogP contribution >= 0.6 is 0 Å². The summed E-state index contributed by atoms with van der Waals surface area (Å²) in [5.74, 6) is 2.67. The molecular formula is C29H44O10. The van der Waals surface area contributed by atoms with Crippen LogP contribution in [0.1, 0.15) is 11.1 Å². The van der Waals surface area contributed by atoms with E-state index < -0.39 is 0 Å². The van der Waals surface area contributed by atoms with Gasteiger partial charge in [-0.3, -0.25) is 0 Å². The van der Waals surface area contributed by atoms with Crippen molar-refractivity contribution in [3.63, 3.8) is 0 Å². The molecule has 0 spiro atoms. The lowest BCUT2D eigenvalue weighted by Crippen LogP contribution is -2.14. The van der Waals surface area contributed by atoms with E-state index in [1.54, 1.807) is 21.3 Å². The summed E-state index contributed by atoms with van der Waals surface area (Å²) in [6, 6.07) is 12.0. The van der Waals surface area contributed by atoms with Crippen molar-refractivity contribution >= 4 is 0 Å². The number of hydrogen-bond acceptors (Lipinski definition) is 10. The molecule has 0 aliphatic carbocycles. The lowest BCUT2D eigenvalue weighted by Gasteiger charge is -2.16. The van der Waals surface area contributed by atoms with Gasteiger partial charge in [-0.1, -0.05) is 12.1 Å². The highest BCUT2D eigenvalue weighted by Gasteiger charge is 2.14. The molecule has 0 saturated heterocycles. The van der Waals surface area contributed by atoms with Crippen LogP contribution in [0.25, 0.3) is 0 Å². The van der Waals surface area contributed by atoms with Crippen LogP contribution < -0.4 is 18.9 Å². The van der Waals surface area contributed by atoms with Crippen molar-refractivity contribution in [2.75, 3.05) is 101 Å². The van der Waals surface area contributed by atoms with Crippen LogP contribution in [0.4, 0.5) is 0 Å². The first-order chi connectivity index (χ1) is 19.2. The van der Waals surface area contributed by atoms with E-state index in [0.29, 0.717) is 89.9 Å². The van der Waals surface area contributed by atoms with Gasteiger partial charge in [0.2, 0.25) is 5.75 Å². The van der Waals surface area contributed by atoms with Crippen molar-refractivity contribution < 1.29 is 47.7 Å². The predicted molar refractivity (Wildman–Crippen MR) is 147 cm³/mol. The summed E-state index contributed by atoms with van der Waals surface area (Å²) in [5.41, 5.74) is 2.32. The Morgan fingerprint density at radius 3 is 1.38 bits per heavy atom. The topological polar surface area (TPSA) is 103 Å². The van der Waals surface area contributed by atoms with E-state index in [1.165, 1.54) is 5.56 Å². The zero-order chi connectivity index (χ0) is 28.0. The lowest BCUT2D eigenvalue weighted by atomic mass is 10.0. The Labute approximate surface area is 232 Å². The number of aliphatic hydroxyl groups is 1. The molecule has 0 aliphatic heterocycles. The van der Waals surface area contributed by atoms with Crippen LogP contribution in [0.15, 0.2) is 36.4 Å². The third-order valence-electron chi connectivity index (χ3n) is 5.58. The van der Waals surface area contributed by atoms with Gasteiger partial charge in [0.05, 0.1) is 94.0 Å².